The Morgan fingerprint density at radius 1 is 0.857 bits per heavy atom. The summed E-state index contributed by atoms with van der Waals surface area (Å²) in [6.07, 6.45) is 1.82. The van der Waals surface area contributed by atoms with Crippen molar-refractivity contribution in [2.24, 2.45) is 0 Å². The van der Waals surface area contributed by atoms with Crippen molar-refractivity contribution in [1.82, 2.24) is 4.57 Å². The zero-order valence-corrected chi connectivity index (χ0v) is 16.8. The molecule has 0 aliphatic carbocycles. The number of para-hydroxylation sites is 1. The van der Waals surface area contributed by atoms with Gasteiger partial charge >= 0.3 is 0 Å². The van der Waals surface area contributed by atoms with Gasteiger partial charge in [0.2, 0.25) is 0 Å². The van der Waals surface area contributed by atoms with Gasteiger partial charge in [-0.1, -0.05) is 35.9 Å². The van der Waals surface area contributed by atoms with Crippen LogP contribution in [0.25, 0.3) is 11.8 Å². The third-order valence-corrected chi connectivity index (χ3v) is 5.73. The number of thioether (sulfide) groups is 1. The van der Waals surface area contributed by atoms with E-state index in [2.05, 4.69) is 35.8 Å². The largest absolute Gasteiger partial charge is 0.318 e. The Hall–Kier alpha value is -3.05. The molecule has 4 rings (SSSR count). The van der Waals surface area contributed by atoms with E-state index in [-0.39, 0.29) is 11.1 Å². The van der Waals surface area contributed by atoms with Crippen LogP contribution < -0.4 is 4.90 Å². The van der Waals surface area contributed by atoms with Gasteiger partial charge < -0.3 is 4.57 Å². The lowest BCUT2D eigenvalue weighted by molar-refractivity contribution is -0.113. The topological polar surface area (TPSA) is 42.3 Å². The molecule has 4 nitrogen and oxygen atoms in total. The van der Waals surface area contributed by atoms with E-state index in [1.54, 1.807) is 12.1 Å². The number of aromatic nitrogens is 1. The summed E-state index contributed by atoms with van der Waals surface area (Å²) in [4.78, 5) is 26.9. The Kier molecular flexibility index (Phi) is 4.69. The van der Waals surface area contributed by atoms with Crippen molar-refractivity contribution in [1.29, 1.82) is 0 Å². The van der Waals surface area contributed by atoms with Gasteiger partial charge in [0.15, 0.2) is 0 Å². The molecular formula is C23H20N2O2S. The van der Waals surface area contributed by atoms with E-state index in [0.29, 0.717) is 10.6 Å². The fourth-order valence-corrected chi connectivity index (χ4v) is 4.27. The number of nitrogens with zero attached hydrogens (tertiary/aromatic N) is 2. The van der Waals surface area contributed by atoms with E-state index in [9.17, 15) is 9.59 Å². The minimum absolute atomic E-state index is 0.269. The molecule has 1 saturated heterocycles. The summed E-state index contributed by atoms with van der Waals surface area (Å²) in [6.45, 7) is 6.13. The normalized spacial score (nSPS) is 15.7. The molecule has 0 saturated carbocycles. The molecule has 1 aromatic heterocycles. The van der Waals surface area contributed by atoms with Crippen LogP contribution in [0.5, 0.6) is 0 Å². The number of carbonyl (C=O) groups is 2. The molecule has 28 heavy (non-hydrogen) atoms. The lowest BCUT2D eigenvalue weighted by Gasteiger charge is -2.11. The molecule has 0 unspecified atom stereocenters. The Labute approximate surface area is 168 Å². The molecule has 3 aromatic rings. The summed E-state index contributed by atoms with van der Waals surface area (Å²) in [5.74, 6) is -0.277. The van der Waals surface area contributed by atoms with Crippen molar-refractivity contribution in [2.45, 2.75) is 20.8 Å². The second-order valence-electron chi connectivity index (χ2n) is 6.85. The molecule has 2 aromatic carbocycles. The van der Waals surface area contributed by atoms with Crippen molar-refractivity contribution < 1.29 is 9.59 Å². The molecule has 0 atom stereocenters. The first kappa shape index (κ1) is 18.3. The highest BCUT2D eigenvalue weighted by molar-refractivity contribution is 8.19. The highest BCUT2D eigenvalue weighted by atomic mass is 32.2. The van der Waals surface area contributed by atoms with E-state index in [0.717, 1.165) is 34.4 Å². The quantitative estimate of drug-likeness (QED) is 0.545. The Balaban J connectivity index is 1.70. The van der Waals surface area contributed by atoms with E-state index >= 15 is 0 Å². The minimum Gasteiger partial charge on any atom is -0.318 e. The fraction of sp³-hybridized carbons (Fsp3) is 0.130. The number of amides is 2. The Morgan fingerprint density at radius 3 is 2.21 bits per heavy atom. The molecule has 2 amide bonds. The number of rotatable bonds is 3. The molecule has 2 heterocycles. The molecule has 0 bridgehead atoms. The van der Waals surface area contributed by atoms with Crippen molar-refractivity contribution in [3.8, 4) is 5.69 Å². The molecular weight excluding hydrogens is 368 g/mol. The molecule has 0 radical (unpaired) electrons. The summed E-state index contributed by atoms with van der Waals surface area (Å²) in [5, 5.41) is -0.269. The van der Waals surface area contributed by atoms with E-state index < -0.39 is 0 Å². The van der Waals surface area contributed by atoms with Crippen LogP contribution in [-0.2, 0) is 4.79 Å². The standard InChI is InChI=1S/C23H20N2O2S/c1-15-9-11-20(12-10-15)24-16(2)13-18(17(24)3)14-21-22(26)25(23(27)28-21)19-7-5-4-6-8-19/h4-14H,1-3H3/b21-14+. The average molecular weight is 388 g/mol. The predicted octanol–water partition coefficient (Wildman–Crippen LogP) is 5.64. The first-order valence-corrected chi connectivity index (χ1v) is 9.86. The Morgan fingerprint density at radius 2 is 1.54 bits per heavy atom. The second-order valence-corrected chi connectivity index (χ2v) is 7.84. The summed E-state index contributed by atoms with van der Waals surface area (Å²) in [7, 11) is 0. The smallest absolute Gasteiger partial charge is 0.298 e. The van der Waals surface area contributed by atoms with E-state index in [1.165, 1.54) is 10.5 Å². The first-order valence-electron chi connectivity index (χ1n) is 9.04. The second kappa shape index (κ2) is 7.17. The number of anilines is 1. The van der Waals surface area contributed by atoms with Crippen molar-refractivity contribution in [3.05, 3.63) is 88.1 Å². The number of hydrogen-bond donors (Lipinski definition) is 0. The van der Waals surface area contributed by atoms with Gasteiger partial charge in [0, 0.05) is 17.1 Å². The van der Waals surface area contributed by atoms with Gasteiger partial charge in [-0.05, 0) is 74.5 Å². The lowest BCUT2D eigenvalue weighted by Crippen LogP contribution is -2.27. The maximum Gasteiger partial charge on any atom is 0.298 e. The summed E-state index contributed by atoms with van der Waals surface area (Å²) < 4.78 is 2.16. The number of benzene rings is 2. The highest BCUT2D eigenvalue weighted by Crippen LogP contribution is 2.36. The van der Waals surface area contributed by atoms with Crippen LogP contribution in [0.1, 0.15) is 22.5 Å². The van der Waals surface area contributed by atoms with Crippen LogP contribution in [0, 0.1) is 20.8 Å². The van der Waals surface area contributed by atoms with Gasteiger partial charge in [0.25, 0.3) is 11.1 Å². The molecule has 140 valence electrons. The molecule has 1 fully saturated rings. The SMILES string of the molecule is Cc1ccc(-n2c(C)cc(/C=C3/SC(=O)N(c4ccccc4)C3=O)c2C)cc1. The van der Waals surface area contributed by atoms with Crippen LogP contribution in [-0.4, -0.2) is 15.7 Å². The zero-order valence-electron chi connectivity index (χ0n) is 16.0. The van der Waals surface area contributed by atoms with Gasteiger partial charge in [0.05, 0.1) is 10.6 Å². The van der Waals surface area contributed by atoms with Crippen molar-refractivity contribution >= 4 is 34.7 Å². The summed E-state index contributed by atoms with van der Waals surface area (Å²) in [6, 6.07) is 19.4. The maximum absolute atomic E-state index is 12.8. The van der Waals surface area contributed by atoms with Crippen molar-refractivity contribution in [2.75, 3.05) is 4.90 Å². The van der Waals surface area contributed by atoms with Crippen LogP contribution in [0.4, 0.5) is 10.5 Å². The van der Waals surface area contributed by atoms with Gasteiger partial charge in [-0.25, -0.2) is 4.90 Å². The first-order chi connectivity index (χ1) is 13.5. The lowest BCUT2D eigenvalue weighted by atomic mass is 10.2. The summed E-state index contributed by atoms with van der Waals surface area (Å²) >= 11 is 0.982. The monoisotopic (exact) mass is 388 g/mol. The predicted molar refractivity (Wildman–Crippen MR) is 115 cm³/mol. The molecule has 0 spiro atoms. The number of aryl methyl sites for hydroxylation is 2. The van der Waals surface area contributed by atoms with Crippen LogP contribution >= 0.6 is 11.8 Å². The Bertz CT molecular complexity index is 1100. The van der Waals surface area contributed by atoms with Gasteiger partial charge in [-0.2, -0.15) is 0 Å². The van der Waals surface area contributed by atoms with Crippen LogP contribution in [0.2, 0.25) is 0 Å². The number of imide groups is 1. The molecule has 0 N–H and O–H groups in total. The van der Waals surface area contributed by atoms with Crippen LogP contribution in [0.3, 0.4) is 0 Å². The van der Waals surface area contributed by atoms with Gasteiger partial charge in [-0.3, -0.25) is 9.59 Å². The number of carbonyl (C=O) groups excluding carboxylic acids is 2. The fourth-order valence-electron chi connectivity index (χ4n) is 3.43. The molecule has 1 aliphatic heterocycles. The third-order valence-electron chi connectivity index (χ3n) is 4.86. The third kappa shape index (κ3) is 3.18. The minimum atomic E-state index is -0.277. The van der Waals surface area contributed by atoms with E-state index in [1.807, 2.05) is 44.2 Å². The highest BCUT2D eigenvalue weighted by Gasteiger charge is 2.36. The van der Waals surface area contributed by atoms with Crippen molar-refractivity contribution in [3.63, 3.8) is 0 Å². The molecule has 1 aliphatic rings. The van der Waals surface area contributed by atoms with Gasteiger partial charge in [0.1, 0.15) is 0 Å². The average Bonchev–Trinajstić information content (AvgIpc) is 3.12. The zero-order chi connectivity index (χ0) is 19.8. The maximum atomic E-state index is 12.8. The van der Waals surface area contributed by atoms with Gasteiger partial charge in [-0.15, -0.1) is 0 Å². The van der Waals surface area contributed by atoms with Crippen LogP contribution in [0.15, 0.2) is 65.6 Å². The number of hydrogen-bond acceptors (Lipinski definition) is 3. The summed E-state index contributed by atoms with van der Waals surface area (Å²) in [5.41, 5.74) is 5.94. The molecule has 5 heteroatoms. The van der Waals surface area contributed by atoms with E-state index in [4.69, 9.17) is 0 Å².